The van der Waals surface area contributed by atoms with E-state index < -0.39 is 16.0 Å². The molecule has 1 amide bonds. The molecule has 0 spiro atoms. The summed E-state index contributed by atoms with van der Waals surface area (Å²) in [5.41, 5.74) is 0.454. The average molecular weight is 412 g/mol. The predicted molar refractivity (Wildman–Crippen MR) is 101 cm³/mol. The molecule has 2 aromatic rings. The second-order valence-electron chi connectivity index (χ2n) is 5.64. The summed E-state index contributed by atoms with van der Waals surface area (Å²) >= 11 is 1.14. The summed E-state index contributed by atoms with van der Waals surface area (Å²) in [6.45, 7) is -0.705. The Kier molecular flexibility index (Phi) is 6.81. The zero-order valence-electron chi connectivity index (χ0n) is 15.1. The molecule has 0 atom stereocenters. The van der Waals surface area contributed by atoms with E-state index in [1.54, 1.807) is 55.9 Å². The van der Waals surface area contributed by atoms with Crippen LogP contribution in [-0.4, -0.2) is 59.6 Å². The predicted octanol–water partition coefficient (Wildman–Crippen LogP) is 1.58. The molecule has 27 heavy (non-hydrogen) atoms. The van der Waals surface area contributed by atoms with E-state index in [1.807, 2.05) is 0 Å². The van der Waals surface area contributed by atoms with Crippen molar-refractivity contribution in [1.82, 2.24) is 4.90 Å². The molecule has 0 saturated heterocycles. The molecule has 0 fully saturated rings. The number of amides is 1. The second-order valence-corrected chi connectivity index (χ2v) is 8.78. The molecule has 0 radical (unpaired) electrons. The van der Waals surface area contributed by atoms with E-state index in [9.17, 15) is 18.0 Å². The van der Waals surface area contributed by atoms with Gasteiger partial charge in [0.15, 0.2) is 13.2 Å². The first-order valence-electron chi connectivity index (χ1n) is 7.83. The Hall–Kier alpha value is -2.59. The van der Waals surface area contributed by atoms with Gasteiger partial charge in [0.1, 0.15) is 9.96 Å². The highest BCUT2D eigenvalue weighted by molar-refractivity contribution is 7.94. The molecule has 0 aliphatic rings. The van der Waals surface area contributed by atoms with Gasteiger partial charge in [0.2, 0.25) is 0 Å². The standard InChI is InChI=1S/C17H20N2O6S2/c1-18(2)15(20)11-25-16(21)12-24-14-8-6-13(7-9-14)19(3)27(22,23)17-5-4-10-26-17/h4-10H,11-12H2,1-3H3. The zero-order valence-corrected chi connectivity index (χ0v) is 16.7. The van der Waals surface area contributed by atoms with E-state index in [4.69, 9.17) is 9.47 Å². The van der Waals surface area contributed by atoms with E-state index in [-0.39, 0.29) is 23.3 Å². The van der Waals surface area contributed by atoms with Gasteiger partial charge >= 0.3 is 5.97 Å². The largest absolute Gasteiger partial charge is 0.482 e. The fraction of sp³-hybridized carbons (Fsp3) is 0.294. The number of sulfonamides is 1. The zero-order chi connectivity index (χ0) is 20.0. The minimum atomic E-state index is -3.61. The number of hydrogen-bond donors (Lipinski definition) is 0. The van der Waals surface area contributed by atoms with Gasteiger partial charge in [-0.2, -0.15) is 0 Å². The van der Waals surface area contributed by atoms with Crippen molar-refractivity contribution in [3.63, 3.8) is 0 Å². The van der Waals surface area contributed by atoms with Crippen LogP contribution in [0.5, 0.6) is 5.75 Å². The van der Waals surface area contributed by atoms with Gasteiger partial charge in [-0.25, -0.2) is 13.2 Å². The lowest BCUT2D eigenvalue weighted by Crippen LogP contribution is -2.28. The van der Waals surface area contributed by atoms with E-state index in [0.29, 0.717) is 11.4 Å². The highest BCUT2D eigenvalue weighted by Crippen LogP contribution is 2.26. The third kappa shape index (κ3) is 5.44. The molecular weight excluding hydrogens is 392 g/mol. The van der Waals surface area contributed by atoms with Crippen molar-refractivity contribution in [2.24, 2.45) is 0 Å². The van der Waals surface area contributed by atoms with Gasteiger partial charge in [0, 0.05) is 21.1 Å². The molecule has 0 aliphatic carbocycles. The summed E-state index contributed by atoms with van der Waals surface area (Å²) in [5, 5.41) is 1.70. The number of carbonyl (C=O) groups is 2. The van der Waals surface area contributed by atoms with Crippen LogP contribution in [0, 0.1) is 0 Å². The number of rotatable bonds is 8. The number of esters is 1. The monoisotopic (exact) mass is 412 g/mol. The van der Waals surface area contributed by atoms with Crippen molar-refractivity contribution >= 4 is 38.9 Å². The smallest absolute Gasteiger partial charge is 0.344 e. The number of benzene rings is 1. The topological polar surface area (TPSA) is 93.2 Å². The van der Waals surface area contributed by atoms with Crippen molar-refractivity contribution in [3.05, 3.63) is 41.8 Å². The lowest BCUT2D eigenvalue weighted by Gasteiger charge is -2.18. The molecule has 0 aliphatic heterocycles. The number of nitrogens with zero attached hydrogens (tertiary/aromatic N) is 2. The third-order valence-corrected chi connectivity index (χ3v) is 6.68. The number of thiophene rings is 1. The first-order chi connectivity index (χ1) is 12.7. The van der Waals surface area contributed by atoms with E-state index in [2.05, 4.69) is 0 Å². The van der Waals surface area contributed by atoms with Crippen LogP contribution in [0.1, 0.15) is 0 Å². The van der Waals surface area contributed by atoms with Crippen LogP contribution in [0.25, 0.3) is 0 Å². The Bertz CT molecular complexity index is 877. The van der Waals surface area contributed by atoms with Gasteiger partial charge in [-0.3, -0.25) is 9.10 Å². The molecule has 2 rings (SSSR count). The third-order valence-electron chi connectivity index (χ3n) is 3.52. The molecule has 1 aromatic heterocycles. The van der Waals surface area contributed by atoms with Gasteiger partial charge in [0.05, 0.1) is 5.69 Å². The summed E-state index contributed by atoms with van der Waals surface area (Å²) in [6, 6.07) is 9.46. The lowest BCUT2D eigenvalue weighted by molar-refractivity contribution is -0.152. The molecular formula is C17H20N2O6S2. The minimum absolute atomic E-state index is 0.250. The number of anilines is 1. The second kappa shape index (κ2) is 8.87. The van der Waals surface area contributed by atoms with Gasteiger partial charge in [-0.05, 0) is 35.7 Å². The van der Waals surface area contributed by atoms with Crippen LogP contribution in [-0.2, 0) is 24.3 Å². The Morgan fingerprint density at radius 2 is 1.70 bits per heavy atom. The Morgan fingerprint density at radius 1 is 1.04 bits per heavy atom. The maximum atomic E-state index is 12.5. The van der Waals surface area contributed by atoms with Crippen LogP contribution in [0.3, 0.4) is 0 Å². The summed E-state index contributed by atoms with van der Waals surface area (Å²) in [7, 11) is 0.972. The summed E-state index contributed by atoms with van der Waals surface area (Å²) in [5.74, 6) is -0.633. The molecule has 1 heterocycles. The average Bonchev–Trinajstić information content (AvgIpc) is 3.19. The van der Waals surface area contributed by atoms with E-state index >= 15 is 0 Å². The Labute approximate surface area is 162 Å². The maximum Gasteiger partial charge on any atom is 0.344 e. The molecule has 10 heteroatoms. The van der Waals surface area contributed by atoms with Crippen LogP contribution < -0.4 is 9.04 Å². The molecule has 0 saturated carbocycles. The fourth-order valence-electron chi connectivity index (χ4n) is 1.89. The van der Waals surface area contributed by atoms with E-state index in [1.165, 1.54) is 16.3 Å². The first kappa shape index (κ1) is 20.7. The number of ether oxygens (including phenoxy) is 2. The summed E-state index contributed by atoms with van der Waals surface area (Å²) in [4.78, 5) is 24.2. The number of hydrogen-bond acceptors (Lipinski definition) is 7. The van der Waals surface area contributed by atoms with Crippen molar-refractivity contribution in [3.8, 4) is 5.75 Å². The van der Waals surface area contributed by atoms with Crippen LogP contribution in [0.2, 0.25) is 0 Å². The van der Waals surface area contributed by atoms with Crippen molar-refractivity contribution in [1.29, 1.82) is 0 Å². The first-order valence-corrected chi connectivity index (χ1v) is 10.1. The Balaban J connectivity index is 1.92. The highest BCUT2D eigenvalue weighted by atomic mass is 32.2. The van der Waals surface area contributed by atoms with Crippen LogP contribution in [0.15, 0.2) is 46.0 Å². The molecule has 0 N–H and O–H groups in total. The Morgan fingerprint density at radius 3 is 2.26 bits per heavy atom. The van der Waals surface area contributed by atoms with Crippen molar-refractivity contribution in [2.45, 2.75) is 4.21 Å². The quantitative estimate of drug-likeness (QED) is 0.611. The molecule has 8 nitrogen and oxygen atoms in total. The lowest BCUT2D eigenvalue weighted by atomic mass is 10.3. The minimum Gasteiger partial charge on any atom is -0.482 e. The summed E-state index contributed by atoms with van der Waals surface area (Å²) in [6.07, 6.45) is 0. The molecule has 0 unspecified atom stereocenters. The molecule has 146 valence electrons. The van der Waals surface area contributed by atoms with Crippen LogP contribution >= 0.6 is 11.3 Å². The van der Waals surface area contributed by atoms with Gasteiger partial charge < -0.3 is 14.4 Å². The normalized spacial score (nSPS) is 10.9. The maximum absolute atomic E-state index is 12.5. The van der Waals surface area contributed by atoms with Gasteiger partial charge in [-0.1, -0.05) is 6.07 Å². The van der Waals surface area contributed by atoms with Crippen molar-refractivity contribution < 1.29 is 27.5 Å². The summed E-state index contributed by atoms with van der Waals surface area (Å²) < 4.78 is 36.5. The van der Waals surface area contributed by atoms with Gasteiger partial charge in [-0.15, -0.1) is 11.3 Å². The molecule has 1 aromatic carbocycles. The van der Waals surface area contributed by atoms with E-state index in [0.717, 1.165) is 11.3 Å². The molecule has 0 bridgehead atoms. The fourth-order valence-corrected chi connectivity index (χ4v) is 4.25. The highest BCUT2D eigenvalue weighted by Gasteiger charge is 2.22. The van der Waals surface area contributed by atoms with Crippen molar-refractivity contribution in [2.75, 3.05) is 38.7 Å². The van der Waals surface area contributed by atoms with Gasteiger partial charge in [0.25, 0.3) is 15.9 Å². The number of likely N-dealkylation sites (N-methyl/N-ethyl adjacent to an activating group) is 1. The SMILES string of the molecule is CN(C)C(=O)COC(=O)COc1ccc(N(C)S(=O)(=O)c2cccs2)cc1. The number of carbonyl (C=O) groups excluding carboxylic acids is 2. The van der Waals surface area contributed by atoms with Crippen LogP contribution in [0.4, 0.5) is 5.69 Å².